The van der Waals surface area contributed by atoms with Gasteiger partial charge in [0.15, 0.2) is 0 Å². The van der Waals surface area contributed by atoms with Gasteiger partial charge in [-0.05, 0) is 35.0 Å². The standard InChI is InChI=1S/C26H22ClN3O/c27-22-10-4-2-8-19(22)17-31-25-14-13-18-7-1-3-9-20(18)21(25)15-28-16-26-29-23-11-5-6-12-24(23)30-26/h1-14,28H,15-17H2,(H,29,30). The van der Waals surface area contributed by atoms with Crippen LogP contribution in [0.2, 0.25) is 5.02 Å². The van der Waals surface area contributed by atoms with E-state index in [0.29, 0.717) is 24.7 Å². The molecule has 154 valence electrons. The van der Waals surface area contributed by atoms with Crippen molar-refractivity contribution in [3.63, 3.8) is 0 Å². The third-order valence-electron chi connectivity index (χ3n) is 5.37. The highest BCUT2D eigenvalue weighted by molar-refractivity contribution is 6.31. The molecule has 5 aromatic rings. The van der Waals surface area contributed by atoms with Crippen LogP contribution in [0.15, 0.2) is 84.9 Å². The summed E-state index contributed by atoms with van der Waals surface area (Å²) >= 11 is 6.31. The number of nitrogens with one attached hydrogen (secondary N) is 2. The minimum Gasteiger partial charge on any atom is -0.488 e. The number of H-pyrrole nitrogens is 1. The molecular weight excluding hydrogens is 406 g/mol. The maximum atomic E-state index is 6.31. The number of halogens is 1. The van der Waals surface area contributed by atoms with Crippen LogP contribution in [0.5, 0.6) is 5.75 Å². The smallest absolute Gasteiger partial charge is 0.124 e. The summed E-state index contributed by atoms with van der Waals surface area (Å²) in [6, 6.07) is 28.3. The molecule has 0 aliphatic rings. The number of imidazole rings is 1. The van der Waals surface area contributed by atoms with Gasteiger partial charge in [0.25, 0.3) is 0 Å². The van der Waals surface area contributed by atoms with Crippen LogP contribution >= 0.6 is 11.6 Å². The number of para-hydroxylation sites is 2. The summed E-state index contributed by atoms with van der Waals surface area (Å²) in [5.41, 5.74) is 4.13. The summed E-state index contributed by atoms with van der Waals surface area (Å²) in [5.74, 6) is 1.77. The second-order valence-corrected chi connectivity index (χ2v) is 7.85. The van der Waals surface area contributed by atoms with Gasteiger partial charge in [0, 0.05) is 22.7 Å². The Balaban J connectivity index is 1.37. The molecule has 0 aliphatic carbocycles. The molecule has 0 saturated heterocycles. The summed E-state index contributed by atoms with van der Waals surface area (Å²) in [6.07, 6.45) is 0. The Bertz CT molecular complexity index is 1310. The van der Waals surface area contributed by atoms with Crippen LogP contribution in [0, 0.1) is 0 Å². The van der Waals surface area contributed by atoms with Crippen molar-refractivity contribution in [2.45, 2.75) is 19.7 Å². The summed E-state index contributed by atoms with van der Waals surface area (Å²) in [4.78, 5) is 8.02. The summed E-state index contributed by atoms with van der Waals surface area (Å²) in [5, 5.41) is 6.60. The normalized spacial score (nSPS) is 11.3. The third-order valence-corrected chi connectivity index (χ3v) is 5.74. The van der Waals surface area contributed by atoms with E-state index in [1.807, 2.05) is 54.6 Å². The first kappa shape index (κ1) is 19.6. The molecule has 5 rings (SSSR count). The average molecular weight is 428 g/mol. The highest BCUT2D eigenvalue weighted by atomic mass is 35.5. The fourth-order valence-corrected chi connectivity index (χ4v) is 3.99. The van der Waals surface area contributed by atoms with Gasteiger partial charge in [-0.25, -0.2) is 4.98 Å². The number of rotatable bonds is 7. The lowest BCUT2D eigenvalue weighted by Crippen LogP contribution is -2.15. The van der Waals surface area contributed by atoms with Gasteiger partial charge in [-0.15, -0.1) is 0 Å². The number of aromatic amines is 1. The number of benzene rings is 4. The van der Waals surface area contributed by atoms with E-state index in [9.17, 15) is 0 Å². The molecule has 0 amide bonds. The van der Waals surface area contributed by atoms with Crippen LogP contribution < -0.4 is 10.1 Å². The topological polar surface area (TPSA) is 49.9 Å². The molecule has 1 heterocycles. The van der Waals surface area contributed by atoms with Crippen LogP contribution in [0.1, 0.15) is 17.0 Å². The minimum absolute atomic E-state index is 0.425. The molecule has 0 fully saturated rings. The Morgan fingerprint density at radius 2 is 1.65 bits per heavy atom. The van der Waals surface area contributed by atoms with Crippen molar-refractivity contribution in [2.75, 3.05) is 0 Å². The predicted molar refractivity (Wildman–Crippen MR) is 126 cm³/mol. The molecule has 31 heavy (non-hydrogen) atoms. The molecule has 5 heteroatoms. The lowest BCUT2D eigenvalue weighted by Gasteiger charge is -2.15. The summed E-state index contributed by atoms with van der Waals surface area (Å²) in [7, 11) is 0. The highest BCUT2D eigenvalue weighted by Gasteiger charge is 2.11. The number of nitrogens with zero attached hydrogens (tertiary/aromatic N) is 1. The average Bonchev–Trinajstić information content (AvgIpc) is 3.22. The van der Waals surface area contributed by atoms with Gasteiger partial charge in [0.05, 0.1) is 17.6 Å². The molecule has 0 spiro atoms. The second kappa shape index (κ2) is 8.80. The van der Waals surface area contributed by atoms with E-state index in [1.165, 1.54) is 10.8 Å². The monoisotopic (exact) mass is 427 g/mol. The largest absolute Gasteiger partial charge is 0.488 e. The third kappa shape index (κ3) is 4.26. The molecule has 0 atom stereocenters. The maximum Gasteiger partial charge on any atom is 0.124 e. The van der Waals surface area contributed by atoms with Gasteiger partial charge >= 0.3 is 0 Å². The zero-order chi connectivity index (χ0) is 21.0. The van der Waals surface area contributed by atoms with Gasteiger partial charge in [0.2, 0.25) is 0 Å². The minimum atomic E-state index is 0.425. The van der Waals surface area contributed by atoms with Crippen molar-refractivity contribution in [1.29, 1.82) is 0 Å². The molecule has 0 bridgehead atoms. The Labute approximate surface area is 185 Å². The van der Waals surface area contributed by atoms with Crippen molar-refractivity contribution < 1.29 is 4.74 Å². The van der Waals surface area contributed by atoms with Crippen molar-refractivity contribution in [2.24, 2.45) is 0 Å². The number of hydrogen-bond donors (Lipinski definition) is 2. The molecule has 0 aliphatic heterocycles. The van der Waals surface area contributed by atoms with E-state index < -0.39 is 0 Å². The lowest BCUT2D eigenvalue weighted by molar-refractivity contribution is 0.303. The molecule has 1 aromatic heterocycles. The SMILES string of the molecule is Clc1ccccc1COc1ccc2ccccc2c1CNCc1nc2ccccc2[nH]1. The zero-order valence-corrected chi connectivity index (χ0v) is 17.7. The van der Waals surface area contributed by atoms with Crippen molar-refractivity contribution in [3.05, 3.63) is 107 Å². The van der Waals surface area contributed by atoms with E-state index in [2.05, 4.69) is 45.6 Å². The van der Waals surface area contributed by atoms with Crippen LogP contribution in [0.4, 0.5) is 0 Å². The zero-order valence-electron chi connectivity index (χ0n) is 16.9. The fraction of sp³-hybridized carbons (Fsp3) is 0.115. The Morgan fingerprint density at radius 1 is 0.839 bits per heavy atom. The van der Waals surface area contributed by atoms with Gasteiger partial charge in [0.1, 0.15) is 18.2 Å². The lowest BCUT2D eigenvalue weighted by atomic mass is 10.0. The van der Waals surface area contributed by atoms with Crippen LogP contribution in [0.3, 0.4) is 0 Å². The molecule has 0 saturated carbocycles. The fourth-order valence-electron chi connectivity index (χ4n) is 3.80. The summed E-state index contributed by atoms with van der Waals surface area (Å²) < 4.78 is 6.22. The van der Waals surface area contributed by atoms with E-state index in [0.717, 1.165) is 33.7 Å². The quantitative estimate of drug-likeness (QED) is 0.323. The van der Waals surface area contributed by atoms with Crippen molar-refractivity contribution in [1.82, 2.24) is 15.3 Å². The van der Waals surface area contributed by atoms with E-state index >= 15 is 0 Å². The first-order valence-electron chi connectivity index (χ1n) is 10.3. The molecule has 4 aromatic carbocycles. The predicted octanol–water partition coefficient (Wildman–Crippen LogP) is 6.24. The molecular formula is C26H22ClN3O. The maximum absolute atomic E-state index is 6.31. The first-order chi connectivity index (χ1) is 15.3. The van der Waals surface area contributed by atoms with Crippen molar-refractivity contribution in [3.8, 4) is 5.75 Å². The summed E-state index contributed by atoms with van der Waals surface area (Å²) in [6.45, 7) is 1.73. The molecule has 0 unspecified atom stereocenters. The molecule has 4 nitrogen and oxygen atoms in total. The van der Waals surface area contributed by atoms with Gasteiger partial charge in [-0.3, -0.25) is 0 Å². The Hall–Kier alpha value is -3.34. The highest BCUT2D eigenvalue weighted by Crippen LogP contribution is 2.29. The number of aromatic nitrogens is 2. The first-order valence-corrected chi connectivity index (χ1v) is 10.7. The van der Waals surface area contributed by atoms with Gasteiger partial charge < -0.3 is 15.0 Å². The second-order valence-electron chi connectivity index (χ2n) is 7.45. The number of ether oxygens (including phenoxy) is 1. The van der Waals surface area contributed by atoms with Gasteiger partial charge in [-0.1, -0.05) is 72.3 Å². The van der Waals surface area contributed by atoms with Crippen LogP contribution in [-0.4, -0.2) is 9.97 Å². The number of fused-ring (bicyclic) bond motifs is 2. The van der Waals surface area contributed by atoms with E-state index in [4.69, 9.17) is 16.3 Å². The van der Waals surface area contributed by atoms with Crippen LogP contribution in [0.25, 0.3) is 21.8 Å². The Kier molecular flexibility index (Phi) is 5.57. The van der Waals surface area contributed by atoms with Gasteiger partial charge in [-0.2, -0.15) is 0 Å². The van der Waals surface area contributed by atoms with E-state index in [-0.39, 0.29) is 0 Å². The Morgan fingerprint density at radius 3 is 2.55 bits per heavy atom. The number of hydrogen-bond acceptors (Lipinski definition) is 3. The molecule has 2 N–H and O–H groups in total. The van der Waals surface area contributed by atoms with Crippen LogP contribution in [-0.2, 0) is 19.7 Å². The molecule has 0 radical (unpaired) electrons. The van der Waals surface area contributed by atoms with Crippen molar-refractivity contribution >= 4 is 33.4 Å². The van der Waals surface area contributed by atoms with E-state index in [1.54, 1.807) is 0 Å².